The van der Waals surface area contributed by atoms with Crippen molar-refractivity contribution in [2.45, 2.75) is 57.9 Å². The van der Waals surface area contributed by atoms with Gasteiger partial charge in [-0.15, -0.1) is 0 Å². The third kappa shape index (κ3) is 5.54. The summed E-state index contributed by atoms with van der Waals surface area (Å²) < 4.78 is 0. The molecule has 124 valence electrons. The summed E-state index contributed by atoms with van der Waals surface area (Å²) in [5, 5.41) is 12.9. The molecule has 0 fully saturated rings. The van der Waals surface area contributed by atoms with Gasteiger partial charge in [0.15, 0.2) is 0 Å². The largest absolute Gasteiger partial charge is 0.355 e. The molecule has 0 atom stereocenters. The highest BCUT2D eigenvalue weighted by molar-refractivity contribution is 8.00. The second-order valence-electron chi connectivity index (χ2n) is 7.22. The lowest BCUT2D eigenvalue weighted by Gasteiger charge is -2.18. The number of hydrogen-bond acceptors (Lipinski definition) is 4. The van der Waals surface area contributed by atoms with Gasteiger partial charge in [-0.25, -0.2) is 4.98 Å². The second kappa shape index (κ2) is 7.83. The van der Waals surface area contributed by atoms with Gasteiger partial charge in [-0.2, -0.15) is 5.26 Å². The van der Waals surface area contributed by atoms with Crippen molar-refractivity contribution in [1.29, 1.82) is 5.26 Å². The Balaban J connectivity index is 1.92. The maximum absolute atomic E-state index is 11.9. The maximum Gasteiger partial charge on any atom is 0.230 e. The molecule has 5 heteroatoms. The first-order chi connectivity index (χ1) is 10.9. The minimum absolute atomic E-state index is 0.00246. The number of nitriles is 1. The van der Waals surface area contributed by atoms with Crippen LogP contribution in [0.25, 0.3) is 0 Å². The molecule has 1 aliphatic rings. The molecular weight excluding hydrogens is 306 g/mol. The van der Waals surface area contributed by atoms with Crippen LogP contribution in [0.2, 0.25) is 0 Å². The molecule has 4 nitrogen and oxygen atoms in total. The number of fused-ring (bicyclic) bond motifs is 1. The lowest BCUT2D eigenvalue weighted by Crippen LogP contribution is -2.28. The van der Waals surface area contributed by atoms with Crippen molar-refractivity contribution < 1.29 is 4.79 Å². The fourth-order valence-electron chi connectivity index (χ4n) is 2.57. The van der Waals surface area contributed by atoms with Gasteiger partial charge in [0.2, 0.25) is 5.91 Å². The third-order valence-corrected chi connectivity index (χ3v) is 4.91. The predicted molar refractivity (Wildman–Crippen MR) is 93.4 cm³/mol. The summed E-state index contributed by atoms with van der Waals surface area (Å²) >= 11 is 1.36. The van der Waals surface area contributed by atoms with E-state index in [-0.39, 0.29) is 11.3 Å². The molecule has 1 aliphatic carbocycles. The molecule has 0 aliphatic heterocycles. The number of carbonyl (C=O) groups is 1. The van der Waals surface area contributed by atoms with Crippen LogP contribution in [0.15, 0.2) is 11.1 Å². The van der Waals surface area contributed by atoms with E-state index in [2.05, 4.69) is 37.1 Å². The molecule has 1 N–H and O–H groups in total. The third-order valence-electron chi connectivity index (χ3n) is 3.92. The van der Waals surface area contributed by atoms with E-state index in [9.17, 15) is 10.1 Å². The smallest absolute Gasteiger partial charge is 0.230 e. The molecule has 0 unspecified atom stereocenters. The Hall–Kier alpha value is -1.54. The summed E-state index contributed by atoms with van der Waals surface area (Å²) in [5.74, 6) is 0.313. The van der Waals surface area contributed by atoms with Gasteiger partial charge in [-0.1, -0.05) is 32.5 Å². The monoisotopic (exact) mass is 331 g/mol. The van der Waals surface area contributed by atoms with Crippen molar-refractivity contribution in [2.75, 3.05) is 12.3 Å². The molecule has 0 bridgehead atoms. The van der Waals surface area contributed by atoms with Gasteiger partial charge in [-0.3, -0.25) is 4.79 Å². The number of nitrogens with one attached hydrogen (secondary N) is 1. The molecule has 0 saturated carbocycles. The zero-order valence-corrected chi connectivity index (χ0v) is 15.1. The number of nitrogens with zero attached hydrogens (tertiary/aromatic N) is 2. The van der Waals surface area contributed by atoms with Gasteiger partial charge in [0.1, 0.15) is 11.1 Å². The Kier molecular flexibility index (Phi) is 6.06. The highest BCUT2D eigenvalue weighted by Gasteiger charge is 2.16. The molecule has 0 spiro atoms. The fourth-order valence-corrected chi connectivity index (χ4v) is 3.37. The number of aromatic nitrogens is 1. The number of hydrogen-bond donors (Lipinski definition) is 1. The fraction of sp³-hybridized carbons (Fsp3) is 0.611. The summed E-state index contributed by atoms with van der Waals surface area (Å²) in [5.41, 5.74) is 3.12. The van der Waals surface area contributed by atoms with E-state index in [1.807, 2.05) is 6.07 Å². The van der Waals surface area contributed by atoms with E-state index in [0.29, 0.717) is 22.9 Å². The second-order valence-corrected chi connectivity index (χ2v) is 8.18. The predicted octanol–water partition coefficient (Wildman–Crippen LogP) is 3.48. The molecule has 0 aromatic carbocycles. The lowest BCUT2D eigenvalue weighted by atomic mass is 9.92. The average Bonchev–Trinajstić information content (AvgIpc) is 2.50. The normalized spacial score (nSPS) is 14.0. The molecule has 2 rings (SSSR count). The number of carbonyl (C=O) groups excluding carboxylic acids is 1. The number of pyridine rings is 1. The molecular formula is C18H25N3OS. The molecule has 0 radical (unpaired) electrons. The van der Waals surface area contributed by atoms with Crippen LogP contribution in [0.4, 0.5) is 0 Å². The van der Waals surface area contributed by atoms with E-state index < -0.39 is 0 Å². The van der Waals surface area contributed by atoms with Gasteiger partial charge in [0.05, 0.1) is 11.3 Å². The van der Waals surface area contributed by atoms with Gasteiger partial charge < -0.3 is 5.32 Å². The molecule has 0 saturated heterocycles. The van der Waals surface area contributed by atoms with Gasteiger partial charge in [0, 0.05) is 12.2 Å². The highest BCUT2D eigenvalue weighted by atomic mass is 32.2. The molecule has 1 aromatic heterocycles. The van der Waals surface area contributed by atoms with Crippen molar-refractivity contribution >= 4 is 17.7 Å². The maximum atomic E-state index is 11.9. The summed E-state index contributed by atoms with van der Waals surface area (Å²) in [7, 11) is 0. The summed E-state index contributed by atoms with van der Waals surface area (Å²) in [4.78, 5) is 16.6. The number of aryl methyl sites for hydroxylation is 2. The minimum atomic E-state index is 0.00246. The first kappa shape index (κ1) is 17.8. The summed E-state index contributed by atoms with van der Waals surface area (Å²) in [6, 6.07) is 4.18. The van der Waals surface area contributed by atoms with E-state index in [1.54, 1.807) is 0 Å². The Bertz CT molecular complexity index is 614. The zero-order valence-electron chi connectivity index (χ0n) is 14.2. The first-order valence-corrected chi connectivity index (χ1v) is 9.20. The Labute approximate surface area is 143 Å². The van der Waals surface area contributed by atoms with Crippen LogP contribution in [0.3, 0.4) is 0 Å². The van der Waals surface area contributed by atoms with Crippen LogP contribution in [-0.2, 0) is 17.6 Å². The summed E-state index contributed by atoms with van der Waals surface area (Å²) in [6.07, 6.45) is 5.26. The number of rotatable bonds is 5. The van der Waals surface area contributed by atoms with Crippen molar-refractivity contribution in [3.8, 4) is 6.07 Å². The van der Waals surface area contributed by atoms with Gasteiger partial charge in [-0.05, 0) is 49.1 Å². The first-order valence-electron chi connectivity index (χ1n) is 8.21. The van der Waals surface area contributed by atoms with Crippen LogP contribution in [-0.4, -0.2) is 23.2 Å². The van der Waals surface area contributed by atoms with Crippen LogP contribution < -0.4 is 5.32 Å². The van der Waals surface area contributed by atoms with Crippen LogP contribution >= 0.6 is 11.8 Å². The van der Waals surface area contributed by atoms with Crippen molar-refractivity contribution in [1.82, 2.24) is 10.3 Å². The Morgan fingerprint density at radius 3 is 2.83 bits per heavy atom. The van der Waals surface area contributed by atoms with Gasteiger partial charge in [0.25, 0.3) is 0 Å². The Morgan fingerprint density at radius 1 is 1.39 bits per heavy atom. The quantitative estimate of drug-likeness (QED) is 0.839. The molecule has 1 amide bonds. The van der Waals surface area contributed by atoms with Crippen molar-refractivity contribution in [3.63, 3.8) is 0 Å². The molecule has 1 aromatic rings. The SMILES string of the molecule is CC(C)(C)CCNC(=O)CSc1nc2c(cc1C#N)CCCC2. The van der Waals surface area contributed by atoms with Crippen molar-refractivity contribution in [3.05, 3.63) is 22.9 Å². The van der Waals surface area contributed by atoms with E-state index in [4.69, 9.17) is 0 Å². The van der Waals surface area contributed by atoms with Crippen molar-refractivity contribution in [2.24, 2.45) is 5.41 Å². The van der Waals surface area contributed by atoms with E-state index in [0.717, 1.165) is 31.4 Å². The van der Waals surface area contributed by atoms with E-state index in [1.165, 1.54) is 23.7 Å². The van der Waals surface area contributed by atoms with Crippen LogP contribution in [0, 0.1) is 16.7 Å². The topological polar surface area (TPSA) is 65.8 Å². The van der Waals surface area contributed by atoms with E-state index >= 15 is 0 Å². The Morgan fingerprint density at radius 2 is 2.13 bits per heavy atom. The average molecular weight is 331 g/mol. The van der Waals surface area contributed by atoms with Gasteiger partial charge >= 0.3 is 0 Å². The molecule has 23 heavy (non-hydrogen) atoms. The zero-order chi connectivity index (χ0) is 16.9. The molecule has 1 heterocycles. The highest BCUT2D eigenvalue weighted by Crippen LogP contribution is 2.27. The minimum Gasteiger partial charge on any atom is -0.355 e. The van der Waals surface area contributed by atoms with Crippen LogP contribution in [0.1, 0.15) is 56.9 Å². The number of amides is 1. The number of thioether (sulfide) groups is 1. The summed E-state index contributed by atoms with van der Waals surface area (Å²) in [6.45, 7) is 7.16. The van der Waals surface area contributed by atoms with Crippen LogP contribution in [0.5, 0.6) is 0 Å². The lowest BCUT2D eigenvalue weighted by molar-refractivity contribution is -0.118. The standard InChI is InChI=1S/C18H25N3OS/c1-18(2,3)8-9-20-16(22)12-23-17-14(11-19)10-13-6-4-5-7-15(13)21-17/h10H,4-9,12H2,1-3H3,(H,20,22).